The summed E-state index contributed by atoms with van der Waals surface area (Å²) in [6.45, 7) is 4.93. The lowest BCUT2D eigenvalue weighted by Crippen LogP contribution is -2.51. The molecular formula is C10H20ClN3O3S. The van der Waals surface area contributed by atoms with E-state index in [0.717, 1.165) is 6.42 Å². The molecule has 0 spiro atoms. The van der Waals surface area contributed by atoms with Crippen LogP contribution in [-0.4, -0.2) is 68.0 Å². The van der Waals surface area contributed by atoms with E-state index in [2.05, 4.69) is 5.32 Å². The van der Waals surface area contributed by atoms with Crippen LogP contribution < -0.4 is 5.32 Å². The lowest BCUT2D eigenvalue weighted by molar-refractivity contribution is -0.122. The smallest absolute Gasteiger partial charge is 0.234 e. The summed E-state index contributed by atoms with van der Waals surface area (Å²) in [7, 11) is -3.32. The van der Waals surface area contributed by atoms with Crippen LogP contribution in [0.15, 0.2) is 0 Å². The molecule has 0 aromatic carbocycles. The second-order valence-corrected chi connectivity index (χ2v) is 6.80. The van der Waals surface area contributed by atoms with Gasteiger partial charge in [0.1, 0.15) is 5.21 Å². The maximum absolute atomic E-state index is 11.5. The molecule has 0 aromatic rings. The molecule has 0 radical (unpaired) electrons. The van der Waals surface area contributed by atoms with E-state index in [9.17, 15) is 13.2 Å². The lowest BCUT2D eigenvalue weighted by atomic mass is 10.3. The van der Waals surface area contributed by atoms with Crippen molar-refractivity contribution in [2.45, 2.75) is 13.3 Å². The van der Waals surface area contributed by atoms with E-state index in [1.807, 2.05) is 11.8 Å². The number of nitrogens with one attached hydrogen (secondary N) is 1. The van der Waals surface area contributed by atoms with Crippen LogP contribution in [0, 0.1) is 0 Å². The zero-order valence-corrected chi connectivity index (χ0v) is 12.1. The summed E-state index contributed by atoms with van der Waals surface area (Å²) in [6, 6.07) is 0. The zero-order chi connectivity index (χ0) is 13.6. The molecule has 6 nitrogen and oxygen atoms in total. The first-order valence-electron chi connectivity index (χ1n) is 6.02. The number of hydrogen-bond donors (Lipinski definition) is 1. The zero-order valence-electron chi connectivity index (χ0n) is 10.6. The van der Waals surface area contributed by atoms with Gasteiger partial charge in [0.05, 0.1) is 6.54 Å². The first-order valence-corrected chi connectivity index (χ1v) is 8.17. The van der Waals surface area contributed by atoms with Gasteiger partial charge in [0.2, 0.25) is 15.9 Å². The number of sulfonamides is 1. The number of halogens is 1. The SMILES string of the molecule is CCCNC(=O)CN1CCN(S(=O)(=O)CCl)CC1. The molecule has 1 rings (SSSR count). The number of hydrogen-bond acceptors (Lipinski definition) is 4. The van der Waals surface area contributed by atoms with Gasteiger partial charge in [-0.3, -0.25) is 9.69 Å². The molecular weight excluding hydrogens is 278 g/mol. The fourth-order valence-corrected chi connectivity index (χ4v) is 3.03. The van der Waals surface area contributed by atoms with Crippen molar-refractivity contribution in [1.29, 1.82) is 0 Å². The van der Waals surface area contributed by atoms with E-state index in [1.54, 1.807) is 0 Å². The fourth-order valence-electron chi connectivity index (χ4n) is 1.76. The Morgan fingerprint density at radius 3 is 2.39 bits per heavy atom. The largest absolute Gasteiger partial charge is 0.355 e. The van der Waals surface area contributed by atoms with Crippen LogP contribution in [-0.2, 0) is 14.8 Å². The average Bonchev–Trinajstić information content (AvgIpc) is 2.37. The monoisotopic (exact) mass is 297 g/mol. The summed E-state index contributed by atoms with van der Waals surface area (Å²) in [6.07, 6.45) is 0.910. The topological polar surface area (TPSA) is 69.7 Å². The van der Waals surface area contributed by atoms with E-state index in [0.29, 0.717) is 39.3 Å². The van der Waals surface area contributed by atoms with Gasteiger partial charge in [-0.05, 0) is 6.42 Å². The predicted molar refractivity (Wildman–Crippen MR) is 71.0 cm³/mol. The van der Waals surface area contributed by atoms with Crippen LogP contribution in [0.5, 0.6) is 0 Å². The Labute approximate surface area is 113 Å². The maximum atomic E-state index is 11.5. The van der Waals surface area contributed by atoms with Crippen molar-refractivity contribution in [3.63, 3.8) is 0 Å². The summed E-state index contributed by atoms with van der Waals surface area (Å²) in [5, 5.41) is 2.41. The van der Waals surface area contributed by atoms with Crippen molar-refractivity contribution in [2.75, 3.05) is 44.5 Å². The van der Waals surface area contributed by atoms with Crippen LogP contribution >= 0.6 is 11.6 Å². The molecule has 1 amide bonds. The third kappa shape index (κ3) is 4.72. The molecule has 0 bridgehead atoms. The molecule has 0 aromatic heterocycles. The highest BCUT2D eigenvalue weighted by atomic mass is 35.5. The predicted octanol–water partition coefficient (Wildman–Crippen LogP) is -0.344. The molecule has 1 saturated heterocycles. The van der Waals surface area contributed by atoms with Crippen molar-refractivity contribution in [2.24, 2.45) is 0 Å². The molecule has 0 aliphatic carbocycles. The molecule has 1 aliphatic heterocycles. The number of alkyl halides is 1. The molecule has 0 atom stereocenters. The standard InChI is InChI=1S/C10H20ClN3O3S/c1-2-3-12-10(15)8-13-4-6-14(7-5-13)18(16,17)9-11/h2-9H2,1H3,(H,12,15). The van der Waals surface area contributed by atoms with E-state index < -0.39 is 10.0 Å². The number of piperazine rings is 1. The van der Waals surface area contributed by atoms with Crippen LogP contribution in [0.4, 0.5) is 0 Å². The van der Waals surface area contributed by atoms with Gasteiger partial charge in [-0.1, -0.05) is 6.92 Å². The third-order valence-corrected chi connectivity index (χ3v) is 5.06. The molecule has 1 aliphatic rings. The van der Waals surface area contributed by atoms with Crippen molar-refractivity contribution >= 4 is 27.5 Å². The Morgan fingerprint density at radius 2 is 1.89 bits per heavy atom. The van der Waals surface area contributed by atoms with Gasteiger partial charge in [-0.25, -0.2) is 8.42 Å². The third-order valence-electron chi connectivity index (χ3n) is 2.80. The van der Waals surface area contributed by atoms with Gasteiger partial charge in [-0.2, -0.15) is 4.31 Å². The molecule has 1 fully saturated rings. The Hall–Kier alpha value is -0.370. The van der Waals surface area contributed by atoms with E-state index in [1.165, 1.54) is 4.31 Å². The molecule has 18 heavy (non-hydrogen) atoms. The fraction of sp³-hybridized carbons (Fsp3) is 0.900. The van der Waals surface area contributed by atoms with Crippen molar-refractivity contribution < 1.29 is 13.2 Å². The number of amides is 1. The number of nitrogens with zero attached hydrogens (tertiary/aromatic N) is 2. The molecule has 8 heteroatoms. The number of carbonyl (C=O) groups excluding carboxylic acids is 1. The van der Waals surface area contributed by atoms with Crippen LogP contribution in [0.25, 0.3) is 0 Å². The second kappa shape index (κ2) is 7.28. The Kier molecular flexibility index (Phi) is 6.34. The van der Waals surface area contributed by atoms with E-state index >= 15 is 0 Å². The van der Waals surface area contributed by atoms with Gasteiger partial charge < -0.3 is 5.32 Å². The first kappa shape index (κ1) is 15.7. The highest BCUT2D eigenvalue weighted by Gasteiger charge is 2.26. The lowest BCUT2D eigenvalue weighted by Gasteiger charge is -2.33. The van der Waals surface area contributed by atoms with Gasteiger partial charge in [0.25, 0.3) is 0 Å². The minimum atomic E-state index is -3.32. The molecule has 1 heterocycles. The Bertz CT molecular complexity index is 367. The van der Waals surface area contributed by atoms with Gasteiger partial charge in [0, 0.05) is 32.7 Å². The summed E-state index contributed by atoms with van der Waals surface area (Å²) in [5.41, 5.74) is 0. The summed E-state index contributed by atoms with van der Waals surface area (Å²) < 4.78 is 24.4. The van der Waals surface area contributed by atoms with Gasteiger partial charge in [0.15, 0.2) is 0 Å². The van der Waals surface area contributed by atoms with E-state index in [4.69, 9.17) is 11.6 Å². The number of carbonyl (C=O) groups is 1. The van der Waals surface area contributed by atoms with Crippen LogP contribution in [0.3, 0.4) is 0 Å². The number of rotatable bonds is 6. The second-order valence-electron chi connectivity index (χ2n) is 4.25. The normalized spacial score (nSPS) is 18.8. The summed E-state index contributed by atoms with van der Waals surface area (Å²) in [4.78, 5) is 13.4. The minimum Gasteiger partial charge on any atom is -0.355 e. The molecule has 106 valence electrons. The van der Waals surface area contributed by atoms with Gasteiger partial charge in [-0.15, -0.1) is 11.6 Å². The maximum Gasteiger partial charge on any atom is 0.234 e. The summed E-state index contributed by atoms with van der Waals surface area (Å²) >= 11 is 5.40. The van der Waals surface area contributed by atoms with Crippen molar-refractivity contribution in [3.8, 4) is 0 Å². The highest BCUT2D eigenvalue weighted by molar-refractivity contribution is 7.90. The van der Waals surface area contributed by atoms with Crippen LogP contribution in [0.2, 0.25) is 0 Å². The van der Waals surface area contributed by atoms with Crippen molar-refractivity contribution in [1.82, 2.24) is 14.5 Å². The van der Waals surface area contributed by atoms with Crippen molar-refractivity contribution in [3.05, 3.63) is 0 Å². The molecule has 1 N–H and O–H groups in total. The highest BCUT2D eigenvalue weighted by Crippen LogP contribution is 2.08. The van der Waals surface area contributed by atoms with Gasteiger partial charge >= 0.3 is 0 Å². The Balaban J connectivity index is 2.34. The first-order chi connectivity index (χ1) is 8.49. The molecule has 0 saturated carbocycles. The summed E-state index contributed by atoms with van der Waals surface area (Å²) in [5.74, 6) is -0.00880. The van der Waals surface area contributed by atoms with E-state index in [-0.39, 0.29) is 11.1 Å². The quantitative estimate of drug-likeness (QED) is 0.681. The molecule has 0 unspecified atom stereocenters. The van der Waals surface area contributed by atoms with Crippen LogP contribution in [0.1, 0.15) is 13.3 Å². The Morgan fingerprint density at radius 1 is 1.28 bits per heavy atom. The minimum absolute atomic E-state index is 0.00880. The average molecular weight is 298 g/mol.